The predicted molar refractivity (Wildman–Crippen MR) is 72.6 cm³/mol. The minimum atomic E-state index is -0.191. The van der Waals surface area contributed by atoms with Gasteiger partial charge in [-0.05, 0) is 12.8 Å². The summed E-state index contributed by atoms with van der Waals surface area (Å²) >= 11 is 0. The van der Waals surface area contributed by atoms with Gasteiger partial charge in [-0.15, -0.1) is 5.10 Å². The van der Waals surface area contributed by atoms with E-state index in [1.807, 2.05) is 6.20 Å². The van der Waals surface area contributed by atoms with Crippen LogP contribution in [0, 0.1) is 0 Å². The molecule has 1 saturated carbocycles. The molecule has 0 aromatic carbocycles. The second-order valence-electron chi connectivity index (χ2n) is 5.17. The summed E-state index contributed by atoms with van der Waals surface area (Å²) in [5.41, 5.74) is 1.31. The van der Waals surface area contributed by atoms with Crippen molar-refractivity contribution in [3.8, 4) is 0 Å². The molecule has 4 rings (SSSR count). The summed E-state index contributed by atoms with van der Waals surface area (Å²) in [6.45, 7) is 1.12. The number of fused-ring (bicyclic) bond motifs is 1. The molecule has 9 nitrogen and oxygen atoms in total. The van der Waals surface area contributed by atoms with E-state index < -0.39 is 0 Å². The van der Waals surface area contributed by atoms with E-state index in [1.54, 1.807) is 4.68 Å². The first-order valence-corrected chi connectivity index (χ1v) is 6.82. The predicted octanol–water partition coefficient (Wildman–Crippen LogP) is -0.691. The summed E-state index contributed by atoms with van der Waals surface area (Å²) < 4.78 is 2.96. The van der Waals surface area contributed by atoms with Crippen LogP contribution < -0.4 is 10.9 Å². The highest BCUT2D eigenvalue weighted by atomic mass is 16.1. The molecule has 1 aliphatic carbocycles. The van der Waals surface area contributed by atoms with Crippen molar-refractivity contribution in [1.29, 1.82) is 0 Å². The van der Waals surface area contributed by atoms with Gasteiger partial charge in [-0.2, -0.15) is 4.52 Å². The van der Waals surface area contributed by atoms with E-state index in [0.717, 1.165) is 12.2 Å². The first-order chi connectivity index (χ1) is 10.3. The Bertz CT molecular complexity index is 827. The van der Waals surface area contributed by atoms with Crippen LogP contribution in [0.1, 0.15) is 24.2 Å². The Balaban J connectivity index is 1.52. The van der Waals surface area contributed by atoms with Gasteiger partial charge < -0.3 is 5.32 Å². The Hall–Kier alpha value is -2.55. The van der Waals surface area contributed by atoms with E-state index in [4.69, 9.17) is 0 Å². The summed E-state index contributed by atoms with van der Waals surface area (Å²) in [6, 6.07) is 2.11. The number of aromatic nitrogens is 7. The molecule has 0 unspecified atom stereocenters. The zero-order valence-electron chi connectivity index (χ0n) is 11.2. The zero-order chi connectivity index (χ0) is 14.2. The summed E-state index contributed by atoms with van der Waals surface area (Å²) in [5.74, 6) is 0.355. The molecular weight excluding hydrogens is 272 g/mol. The first-order valence-electron chi connectivity index (χ1n) is 6.82. The molecule has 0 aliphatic heterocycles. The van der Waals surface area contributed by atoms with Crippen LogP contribution in [0.4, 0.5) is 0 Å². The number of rotatable bonds is 5. The van der Waals surface area contributed by atoms with Crippen molar-refractivity contribution in [1.82, 2.24) is 39.9 Å². The molecule has 0 atom stereocenters. The van der Waals surface area contributed by atoms with Gasteiger partial charge >= 0.3 is 0 Å². The van der Waals surface area contributed by atoms with E-state index in [9.17, 15) is 4.79 Å². The minimum Gasteiger partial charge on any atom is -0.308 e. The fourth-order valence-corrected chi connectivity index (χ4v) is 2.15. The highest BCUT2D eigenvalue weighted by molar-refractivity contribution is 5.26. The van der Waals surface area contributed by atoms with E-state index in [1.165, 1.54) is 29.8 Å². The van der Waals surface area contributed by atoms with Gasteiger partial charge in [-0.25, -0.2) is 14.6 Å². The van der Waals surface area contributed by atoms with Gasteiger partial charge in [0, 0.05) is 18.7 Å². The summed E-state index contributed by atoms with van der Waals surface area (Å²) in [6.07, 6.45) is 5.78. The van der Waals surface area contributed by atoms with Crippen molar-refractivity contribution in [2.24, 2.45) is 0 Å². The number of nitrogens with zero attached hydrogens (tertiary/aromatic N) is 6. The van der Waals surface area contributed by atoms with Crippen molar-refractivity contribution in [2.45, 2.75) is 32.0 Å². The Morgan fingerprint density at radius 1 is 1.38 bits per heavy atom. The van der Waals surface area contributed by atoms with Crippen molar-refractivity contribution in [3.63, 3.8) is 0 Å². The van der Waals surface area contributed by atoms with Crippen LogP contribution in [-0.4, -0.2) is 40.6 Å². The molecule has 108 valence electrons. The topological polar surface area (TPSA) is 106 Å². The lowest BCUT2D eigenvalue weighted by molar-refractivity contribution is 0.634. The molecule has 0 amide bonds. The molecule has 0 spiro atoms. The first kappa shape index (κ1) is 12.2. The molecular formula is C12H14N8O. The highest BCUT2D eigenvalue weighted by Crippen LogP contribution is 2.18. The number of H-pyrrole nitrogens is 1. The van der Waals surface area contributed by atoms with E-state index >= 15 is 0 Å². The Morgan fingerprint density at radius 2 is 2.29 bits per heavy atom. The normalized spacial score (nSPS) is 14.9. The number of hydrogen-bond donors (Lipinski definition) is 2. The van der Waals surface area contributed by atoms with Crippen molar-refractivity contribution < 1.29 is 0 Å². The van der Waals surface area contributed by atoms with Gasteiger partial charge in [-0.1, -0.05) is 5.21 Å². The van der Waals surface area contributed by atoms with Crippen LogP contribution in [0.2, 0.25) is 0 Å². The molecule has 9 heteroatoms. The average Bonchev–Trinajstić information content (AvgIpc) is 2.98. The van der Waals surface area contributed by atoms with Gasteiger partial charge in [-0.3, -0.25) is 9.89 Å². The van der Waals surface area contributed by atoms with Crippen LogP contribution in [-0.2, 0) is 13.1 Å². The Kier molecular flexibility index (Phi) is 2.78. The molecule has 3 heterocycles. The molecule has 1 aliphatic rings. The lowest BCUT2D eigenvalue weighted by Gasteiger charge is -2.00. The Labute approximate surface area is 119 Å². The van der Waals surface area contributed by atoms with Crippen molar-refractivity contribution in [2.75, 3.05) is 0 Å². The van der Waals surface area contributed by atoms with Crippen molar-refractivity contribution in [3.05, 3.63) is 40.3 Å². The molecule has 1 fully saturated rings. The van der Waals surface area contributed by atoms with Crippen LogP contribution in [0.3, 0.4) is 0 Å². The maximum atomic E-state index is 11.8. The van der Waals surface area contributed by atoms with Gasteiger partial charge in [0.15, 0.2) is 0 Å². The van der Waals surface area contributed by atoms with Crippen LogP contribution in [0.25, 0.3) is 5.78 Å². The quantitative estimate of drug-likeness (QED) is 0.643. The van der Waals surface area contributed by atoms with Gasteiger partial charge in [0.25, 0.3) is 11.3 Å². The van der Waals surface area contributed by atoms with Gasteiger partial charge in [0.1, 0.15) is 6.33 Å². The van der Waals surface area contributed by atoms with Crippen LogP contribution in [0.15, 0.2) is 23.4 Å². The second-order valence-corrected chi connectivity index (χ2v) is 5.17. The third-order valence-electron chi connectivity index (χ3n) is 3.38. The number of hydrogen-bond acceptors (Lipinski definition) is 6. The van der Waals surface area contributed by atoms with E-state index in [-0.39, 0.29) is 5.56 Å². The van der Waals surface area contributed by atoms with E-state index in [0.29, 0.717) is 24.1 Å². The van der Waals surface area contributed by atoms with E-state index in [2.05, 4.69) is 30.7 Å². The average molecular weight is 286 g/mol. The summed E-state index contributed by atoms with van der Waals surface area (Å²) in [5, 5.41) is 14.2. The molecule has 3 aromatic rings. The molecule has 0 bridgehead atoms. The monoisotopic (exact) mass is 286 g/mol. The Morgan fingerprint density at radius 3 is 3.14 bits per heavy atom. The third kappa shape index (κ3) is 2.55. The second kappa shape index (κ2) is 4.77. The molecule has 21 heavy (non-hydrogen) atoms. The van der Waals surface area contributed by atoms with Crippen LogP contribution >= 0.6 is 0 Å². The van der Waals surface area contributed by atoms with Crippen LogP contribution in [0.5, 0.6) is 0 Å². The maximum Gasteiger partial charge on any atom is 0.274 e. The largest absolute Gasteiger partial charge is 0.308 e. The van der Waals surface area contributed by atoms with Crippen molar-refractivity contribution >= 4 is 5.78 Å². The number of nitrogens with one attached hydrogen (secondary N) is 2. The fourth-order valence-electron chi connectivity index (χ4n) is 2.15. The number of aromatic amines is 1. The molecule has 3 aromatic heterocycles. The molecule has 0 radical (unpaired) electrons. The fraction of sp³-hybridized carbons (Fsp3) is 0.417. The highest BCUT2D eigenvalue weighted by Gasteiger charge is 2.20. The summed E-state index contributed by atoms with van der Waals surface area (Å²) in [7, 11) is 0. The molecule has 0 saturated heterocycles. The third-order valence-corrected chi connectivity index (χ3v) is 3.38. The van der Waals surface area contributed by atoms with Gasteiger partial charge in [0.2, 0.25) is 0 Å². The SMILES string of the molecule is O=c1cc(Cn2cc(CNC3CC3)nn2)nc2nc[nH]n12. The van der Waals surface area contributed by atoms with Gasteiger partial charge in [0.05, 0.1) is 24.1 Å². The summed E-state index contributed by atoms with van der Waals surface area (Å²) in [4.78, 5) is 20.1. The lowest BCUT2D eigenvalue weighted by Crippen LogP contribution is -2.17. The molecule has 2 N–H and O–H groups in total. The minimum absolute atomic E-state index is 0.191. The zero-order valence-corrected chi connectivity index (χ0v) is 11.2. The maximum absolute atomic E-state index is 11.8. The standard InChI is InChI=1S/C12H14N8O/c21-11-3-9(16-12-14-7-15-20(11)12)5-19-6-10(17-18-19)4-13-8-1-2-8/h3,6-8,13H,1-2,4-5H2,(H,14,15,16). The lowest BCUT2D eigenvalue weighted by atomic mass is 10.4. The smallest absolute Gasteiger partial charge is 0.274 e.